The van der Waals surface area contributed by atoms with Crippen molar-refractivity contribution in [1.82, 2.24) is 10.3 Å². The van der Waals surface area contributed by atoms with Gasteiger partial charge in [0.25, 0.3) is 0 Å². The predicted octanol–water partition coefficient (Wildman–Crippen LogP) is 4.64. The van der Waals surface area contributed by atoms with Gasteiger partial charge in [0.1, 0.15) is 5.75 Å². The van der Waals surface area contributed by atoms with Crippen LogP contribution in [-0.2, 0) is 6.54 Å². The predicted molar refractivity (Wildman–Crippen MR) is 87.2 cm³/mol. The van der Waals surface area contributed by atoms with Crippen LogP contribution >= 0.6 is 11.6 Å². The molecule has 0 amide bonds. The van der Waals surface area contributed by atoms with Gasteiger partial charge in [-0.3, -0.25) is 0 Å². The Morgan fingerprint density at radius 3 is 2.71 bits per heavy atom. The van der Waals surface area contributed by atoms with E-state index in [1.807, 2.05) is 32.0 Å². The van der Waals surface area contributed by atoms with Gasteiger partial charge in [0.05, 0.1) is 5.02 Å². The van der Waals surface area contributed by atoms with Crippen LogP contribution in [0.5, 0.6) is 11.6 Å². The molecule has 1 N–H and O–H groups in total. The van der Waals surface area contributed by atoms with Crippen LogP contribution in [0, 0.1) is 13.8 Å². The first-order chi connectivity index (χ1) is 9.95. The van der Waals surface area contributed by atoms with Crippen molar-refractivity contribution in [2.24, 2.45) is 0 Å². The van der Waals surface area contributed by atoms with E-state index in [-0.39, 0.29) is 0 Å². The van der Waals surface area contributed by atoms with Gasteiger partial charge < -0.3 is 10.1 Å². The summed E-state index contributed by atoms with van der Waals surface area (Å²) in [4.78, 5) is 4.25. The normalized spacial score (nSPS) is 11.0. The highest BCUT2D eigenvalue weighted by Crippen LogP contribution is 2.27. The maximum Gasteiger partial charge on any atom is 0.219 e. The molecule has 0 fully saturated rings. The Balaban J connectivity index is 2.20. The second-order valence-corrected chi connectivity index (χ2v) is 5.93. The van der Waals surface area contributed by atoms with Crippen LogP contribution in [0.3, 0.4) is 0 Å². The topological polar surface area (TPSA) is 34.1 Å². The quantitative estimate of drug-likeness (QED) is 0.873. The minimum Gasteiger partial charge on any atom is -0.439 e. The maximum atomic E-state index is 6.18. The number of hydrogen-bond donors (Lipinski definition) is 1. The first-order valence-corrected chi connectivity index (χ1v) is 7.46. The van der Waals surface area contributed by atoms with E-state index in [2.05, 4.69) is 30.2 Å². The van der Waals surface area contributed by atoms with Gasteiger partial charge in [-0.15, -0.1) is 0 Å². The number of rotatable bonds is 5. The summed E-state index contributed by atoms with van der Waals surface area (Å²) in [6.45, 7) is 8.96. The molecular formula is C17H21ClN2O. The van der Waals surface area contributed by atoms with Gasteiger partial charge in [-0.05, 0) is 36.6 Å². The summed E-state index contributed by atoms with van der Waals surface area (Å²) in [5.41, 5.74) is 3.23. The Kier molecular flexibility index (Phi) is 5.21. The van der Waals surface area contributed by atoms with Gasteiger partial charge in [-0.2, -0.15) is 0 Å². The molecule has 0 spiro atoms. The molecule has 3 nitrogen and oxygen atoms in total. The Labute approximate surface area is 131 Å². The standard InChI is InChI=1S/C17H21ClN2O/c1-11(2)19-9-14-8-17(20-10-15(14)18)21-16-7-12(3)5-6-13(16)4/h5-8,10-11,19H,9H2,1-4H3. The fourth-order valence-corrected chi connectivity index (χ4v) is 2.06. The number of aryl methyl sites for hydroxylation is 2. The second-order valence-electron chi connectivity index (χ2n) is 5.52. The van der Waals surface area contributed by atoms with Crippen LogP contribution in [0.25, 0.3) is 0 Å². The van der Waals surface area contributed by atoms with Crippen LogP contribution in [0.2, 0.25) is 5.02 Å². The fourth-order valence-electron chi connectivity index (χ4n) is 1.89. The van der Waals surface area contributed by atoms with Gasteiger partial charge in [-0.1, -0.05) is 37.6 Å². The first-order valence-electron chi connectivity index (χ1n) is 7.08. The summed E-state index contributed by atoms with van der Waals surface area (Å²) >= 11 is 6.18. The lowest BCUT2D eigenvalue weighted by atomic mass is 10.1. The van der Waals surface area contributed by atoms with E-state index < -0.39 is 0 Å². The van der Waals surface area contributed by atoms with Crippen molar-refractivity contribution >= 4 is 11.6 Å². The molecular weight excluding hydrogens is 284 g/mol. The molecule has 0 aliphatic carbocycles. The lowest BCUT2D eigenvalue weighted by molar-refractivity contribution is 0.457. The van der Waals surface area contributed by atoms with Crippen molar-refractivity contribution < 1.29 is 4.74 Å². The molecule has 2 aromatic rings. The van der Waals surface area contributed by atoms with E-state index in [0.29, 0.717) is 23.5 Å². The maximum absolute atomic E-state index is 6.18. The van der Waals surface area contributed by atoms with Crippen molar-refractivity contribution in [1.29, 1.82) is 0 Å². The Morgan fingerprint density at radius 1 is 1.24 bits per heavy atom. The summed E-state index contributed by atoms with van der Waals surface area (Å²) < 4.78 is 5.89. The van der Waals surface area contributed by atoms with Crippen LogP contribution in [0.15, 0.2) is 30.5 Å². The van der Waals surface area contributed by atoms with Crippen molar-refractivity contribution in [2.45, 2.75) is 40.3 Å². The molecule has 0 aliphatic rings. The van der Waals surface area contributed by atoms with Gasteiger partial charge in [0.2, 0.25) is 5.88 Å². The lowest BCUT2D eigenvalue weighted by Crippen LogP contribution is -2.22. The molecule has 112 valence electrons. The van der Waals surface area contributed by atoms with E-state index >= 15 is 0 Å². The minimum absolute atomic E-state index is 0.401. The zero-order valence-electron chi connectivity index (χ0n) is 12.9. The monoisotopic (exact) mass is 304 g/mol. The lowest BCUT2D eigenvalue weighted by Gasteiger charge is -2.12. The Hall–Kier alpha value is -1.58. The van der Waals surface area contributed by atoms with E-state index in [1.165, 1.54) is 0 Å². The average molecular weight is 305 g/mol. The third-order valence-electron chi connectivity index (χ3n) is 3.17. The van der Waals surface area contributed by atoms with Crippen LogP contribution < -0.4 is 10.1 Å². The number of halogens is 1. The molecule has 1 heterocycles. The van der Waals surface area contributed by atoms with Crippen molar-refractivity contribution in [2.75, 3.05) is 0 Å². The minimum atomic E-state index is 0.401. The summed E-state index contributed by atoms with van der Waals surface area (Å²) in [6, 6.07) is 8.41. The summed E-state index contributed by atoms with van der Waals surface area (Å²) in [6.07, 6.45) is 1.64. The van der Waals surface area contributed by atoms with Crippen LogP contribution in [-0.4, -0.2) is 11.0 Å². The van der Waals surface area contributed by atoms with Crippen molar-refractivity contribution in [3.05, 3.63) is 52.2 Å². The smallest absolute Gasteiger partial charge is 0.219 e. The third-order valence-corrected chi connectivity index (χ3v) is 3.51. The molecule has 0 radical (unpaired) electrons. The van der Waals surface area contributed by atoms with Crippen molar-refractivity contribution in [3.8, 4) is 11.6 Å². The number of hydrogen-bond acceptors (Lipinski definition) is 3. The van der Waals surface area contributed by atoms with Crippen LogP contribution in [0.4, 0.5) is 0 Å². The van der Waals surface area contributed by atoms with Crippen LogP contribution in [0.1, 0.15) is 30.5 Å². The second kappa shape index (κ2) is 6.92. The van der Waals surface area contributed by atoms with E-state index in [9.17, 15) is 0 Å². The number of ether oxygens (including phenoxy) is 1. The summed E-state index contributed by atoms with van der Waals surface area (Å²) in [5.74, 6) is 1.39. The molecule has 1 aromatic carbocycles. The zero-order valence-corrected chi connectivity index (χ0v) is 13.7. The molecule has 0 aliphatic heterocycles. The van der Waals surface area contributed by atoms with E-state index in [4.69, 9.17) is 16.3 Å². The average Bonchev–Trinajstić information content (AvgIpc) is 2.43. The number of pyridine rings is 1. The highest BCUT2D eigenvalue weighted by atomic mass is 35.5. The molecule has 1 aromatic heterocycles. The van der Waals surface area contributed by atoms with E-state index in [1.54, 1.807) is 6.20 Å². The molecule has 0 saturated carbocycles. The number of nitrogens with one attached hydrogen (secondary N) is 1. The molecule has 0 saturated heterocycles. The summed E-state index contributed by atoms with van der Waals surface area (Å²) in [7, 11) is 0. The number of nitrogens with zero attached hydrogens (tertiary/aromatic N) is 1. The van der Waals surface area contributed by atoms with Gasteiger partial charge >= 0.3 is 0 Å². The van der Waals surface area contributed by atoms with E-state index in [0.717, 1.165) is 22.4 Å². The zero-order chi connectivity index (χ0) is 15.4. The molecule has 21 heavy (non-hydrogen) atoms. The van der Waals surface area contributed by atoms with Gasteiger partial charge in [-0.25, -0.2) is 4.98 Å². The SMILES string of the molecule is Cc1ccc(C)c(Oc2cc(CNC(C)C)c(Cl)cn2)c1. The molecule has 0 atom stereocenters. The highest BCUT2D eigenvalue weighted by molar-refractivity contribution is 6.31. The molecule has 0 bridgehead atoms. The van der Waals surface area contributed by atoms with Crippen molar-refractivity contribution in [3.63, 3.8) is 0 Å². The molecule has 2 rings (SSSR count). The molecule has 4 heteroatoms. The summed E-state index contributed by atoms with van der Waals surface area (Å²) in [5, 5.41) is 4.00. The Morgan fingerprint density at radius 2 is 2.00 bits per heavy atom. The third kappa shape index (κ3) is 4.45. The number of benzene rings is 1. The number of aromatic nitrogens is 1. The Bertz CT molecular complexity index is 626. The highest BCUT2D eigenvalue weighted by Gasteiger charge is 2.08. The largest absolute Gasteiger partial charge is 0.439 e. The fraction of sp³-hybridized carbons (Fsp3) is 0.353. The van der Waals surface area contributed by atoms with Gasteiger partial charge in [0, 0.05) is 24.8 Å². The molecule has 0 unspecified atom stereocenters. The van der Waals surface area contributed by atoms with Gasteiger partial charge in [0.15, 0.2) is 0 Å². The first kappa shape index (κ1) is 15.8.